The van der Waals surface area contributed by atoms with Crippen molar-refractivity contribution in [1.82, 2.24) is 15.0 Å². The molecule has 0 unspecified atom stereocenters. The molecule has 0 atom stereocenters. The Morgan fingerprint density at radius 3 is 1.82 bits per heavy atom. The first-order chi connectivity index (χ1) is 10.9. The number of hydrogen-bond acceptors (Lipinski definition) is 4. The largest absolute Gasteiger partial charge is 0.262 e. The molecule has 0 amide bonds. The van der Waals surface area contributed by atoms with Gasteiger partial charge in [-0.05, 0) is 19.1 Å². The molecule has 110 valence electrons. The summed E-state index contributed by atoms with van der Waals surface area (Å²) >= 11 is 1.68. The third-order valence-electron chi connectivity index (χ3n) is 2.65. The quantitative estimate of drug-likeness (QED) is 0.470. The van der Waals surface area contributed by atoms with Gasteiger partial charge in [0, 0.05) is 24.8 Å². The molecule has 0 N–H and O–H groups in total. The maximum Gasteiger partial charge on any atom is 0.0812 e. The van der Waals surface area contributed by atoms with Gasteiger partial charge in [-0.2, -0.15) is 0 Å². The van der Waals surface area contributed by atoms with E-state index in [0.29, 0.717) is 0 Å². The highest BCUT2D eigenvalue weighted by molar-refractivity contribution is 7.16. The van der Waals surface area contributed by atoms with Gasteiger partial charge in [-0.25, -0.2) is 4.98 Å². The molecular formula is C18H17N3S. The lowest BCUT2D eigenvalue weighted by Gasteiger charge is -1.82. The zero-order chi connectivity index (χ0) is 15.5. The topological polar surface area (TPSA) is 38.7 Å². The smallest absolute Gasteiger partial charge is 0.0812 e. The monoisotopic (exact) mass is 307 g/mol. The second kappa shape index (κ2) is 9.37. The molecule has 0 fully saturated rings. The lowest BCUT2D eigenvalue weighted by atomic mass is 10.2. The first-order valence-corrected chi connectivity index (χ1v) is 7.74. The minimum absolute atomic E-state index is 1.10. The van der Waals surface area contributed by atoms with Crippen molar-refractivity contribution in [1.29, 1.82) is 0 Å². The van der Waals surface area contributed by atoms with Crippen LogP contribution in [0.15, 0.2) is 84.9 Å². The van der Waals surface area contributed by atoms with Crippen LogP contribution in [0.3, 0.4) is 0 Å². The molecule has 0 radical (unpaired) electrons. The van der Waals surface area contributed by atoms with Crippen LogP contribution in [0.25, 0.3) is 10.2 Å². The van der Waals surface area contributed by atoms with Gasteiger partial charge in [0.15, 0.2) is 0 Å². The summed E-state index contributed by atoms with van der Waals surface area (Å²) in [6.45, 7) is 2.08. The molecule has 0 aliphatic rings. The van der Waals surface area contributed by atoms with Crippen LogP contribution in [0.1, 0.15) is 5.56 Å². The number of para-hydroxylation sites is 1. The van der Waals surface area contributed by atoms with Crippen LogP contribution in [0.4, 0.5) is 0 Å². The summed E-state index contributed by atoms with van der Waals surface area (Å²) in [6.07, 6.45) is 6.56. The maximum atomic E-state index is 4.14. The average molecular weight is 307 g/mol. The molecule has 0 aliphatic carbocycles. The molecule has 0 saturated heterocycles. The number of fused-ring (bicyclic) bond motifs is 1. The van der Waals surface area contributed by atoms with Crippen molar-refractivity contribution in [2.24, 2.45) is 0 Å². The average Bonchev–Trinajstić information content (AvgIpc) is 3.07. The van der Waals surface area contributed by atoms with E-state index in [2.05, 4.69) is 40.1 Å². The molecule has 2 aromatic carbocycles. The van der Waals surface area contributed by atoms with Gasteiger partial charge < -0.3 is 0 Å². The van der Waals surface area contributed by atoms with Crippen molar-refractivity contribution < 1.29 is 0 Å². The van der Waals surface area contributed by atoms with Crippen molar-refractivity contribution in [2.45, 2.75) is 6.92 Å². The Balaban J connectivity index is 0.000000124. The molecule has 4 heteroatoms. The van der Waals surface area contributed by atoms with Gasteiger partial charge in [-0.3, -0.25) is 9.97 Å². The Labute approximate surface area is 134 Å². The van der Waals surface area contributed by atoms with Gasteiger partial charge in [0.25, 0.3) is 0 Å². The van der Waals surface area contributed by atoms with E-state index < -0.39 is 0 Å². The predicted molar refractivity (Wildman–Crippen MR) is 92.8 cm³/mol. The van der Waals surface area contributed by atoms with E-state index >= 15 is 0 Å². The number of aromatic nitrogens is 3. The van der Waals surface area contributed by atoms with Crippen LogP contribution < -0.4 is 0 Å². The van der Waals surface area contributed by atoms with Gasteiger partial charge in [0.2, 0.25) is 0 Å². The fourth-order valence-corrected chi connectivity index (χ4v) is 2.27. The SMILES string of the molecule is Cc1ccccc1.c1ccc2scnc2c1.c1cnccn1. The number of benzene rings is 2. The molecule has 3 nitrogen and oxygen atoms in total. The number of thiazole rings is 1. The van der Waals surface area contributed by atoms with Crippen molar-refractivity contribution in [3.63, 3.8) is 0 Å². The molecule has 4 aromatic rings. The molecule has 22 heavy (non-hydrogen) atoms. The summed E-state index contributed by atoms with van der Waals surface area (Å²) in [6, 6.07) is 18.4. The Morgan fingerprint density at radius 2 is 1.32 bits per heavy atom. The highest BCUT2D eigenvalue weighted by Crippen LogP contribution is 2.15. The second-order valence-electron chi connectivity index (χ2n) is 4.37. The van der Waals surface area contributed by atoms with Crippen LogP contribution in [-0.2, 0) is 0 Å². The highest BCUT2D eigenvalue weighted by atomic mass is 32.1. The van der Waals surface area contributed by atoms with Crippen LogP contribution in [0.5, 0.6) is 0 Å². The van der Waals surface area contributed by atoms with Crippen molar-refractivity contribution in [2.75, 3.05) is 0 Å². The van der Waals surface area contributed by atoms with E-state index in [1.807, 2.05) is 41.9 Å². The minimum atomic E-state index is 1.10. The first-order valence-electron chi connectivity index (χ1n) is 6.86. The van der Waals surface area contributed by atoms with Crippen molar-refractivity contribution in [3.8, 4) is 0 Å². The second-order valence-corrected chi connectivity index (χ2v) is 5.26. The zero-order valence-electron chi connectivity index (χ0n) is 12.3. The summed E-state index contributed by atoms with van der Waals surface area (Å²) in [5, 5.41) is 0. The molecule has 4 rings (SSSR count). The number of aryl methyl sites for hydroxylation is 1. The predicted octanol–water partition coefficient (Wildman–Crippen LogP) is 4.77. The van der Waals surface area contributed by atoms with E-state index in [-0.39, 0.29) is 0 Å². The standard InChI is InChI=1S/C7H5NS.C7H8.C4H4N2/c1-2-4-7-6(3-1)8-5-9-7;1-7-5-3-2-4-6-7;1-2-6-4-3-5-1/h1-5H;2-6H,1H3;1-4H. The van der Waals surface area contributed by atoms with E-state index in [1.54, 1.807) is 36.1 Å². The summed E-state index contributed by atoms with van der Waals surface area (Å²) in [7, 11) is 0. The normalized spacial score (nSPS) is 9.14. The molecular weight excluding hydrogens is 290 g/mol. The van der Waals surface area contributed by atoms with Gasteiger partial charge in [-0.15, -0.1) is 11.3 Å². The van der Waals surface area contributed by atoms with E-state index in [4.69, 9.17) is 0 Å². The fourth-order valence-electron chi connectivity index (χ4n) is 1.59. The van der Waals surface area contributed by atoms with E-state index in [1.165, 1.54) is 10.3 Å². The van der Waals surface area contributed by atoms with Crippen molar-refractivity contribution >= 4 is 21.6 Å². The van der Waals surface area contributed by atoms with Crippen LogP contribution in [0.2, 0.25) is 0 Å². The highest BCUT2D eigenvalue weighted by Gasteiger charge is 1.89. The maximum absolute atomic E-state index is 4.14. The Morgan fingerprint density at radius 1 is 0.727 bits per heavy atom. The Hall–Kier alpha value is -2.59. The third-order valence-corrected chi connectivity index (χ3v) is 3.46. The van der Waals surface area contributed by atoms with Crippen LogP contribution in [0, 0.1) is 6.92 Å². The molecule has 2 aromatic heterocycles. The summed E-state index contributed by atoms with van der Waals surface area (Å²) in [5.41, 5.74) is 4.29. The van der Waals surface area contributed by atoms with E-state index in [9.17, 15) is 0 Å². The third kappa shape index (κ3) is 5.81. The lowest BCUT2D eigenvalue weighted by Crippen LogP contribution is -1.66. The van der Waals surface area contributed by atoms with Gasteiger partial charge >= 0.3 is 0 Å². The van der Waals surface area contributed by atoms with Crippen LogP contribution in [-0.4, -0.2) is 15.0 Å². The first kappa shape index (κ1) is 15.8. The Kier molecular flexibility index (Phi) is 6.72. The molecule has 0 bridgehead atoms. The Bertz CT molecular complexity index is 698. The molecule has 0 saturated carbocycles. The molecule has 0 spiro atoms. The summed E-state index contributed by atoms with van der Waals surface area (Å²) < 4.78 is 1.26. The molecule has 0 aliphatic heterocycles. The molecule has 2 heterocycles. The van der Waals surface area contributed by atoms with Crippen LogP contribution >= 0.6 is 11.3 Å². The number of hydrogen-bond donors (Lipinski definition) is 0. The zero-order valence-corrected chi connectivity index (χ0v) is 13.1. The van der Waals surface area contributed by atoms with Gasteiger partial charge in [-0.1, -0.05) is 48.0 Å². The minimum Gasteiger partial charge on any atom is -0.262 e. The lowest BCUT2D eigenvalue weighted by molar-refractivity contribution is 1.20. The number of nitrogens with zero attached hydrogens (tertiary/aromatic N) is 3. The van der Waals surface area contributed by atoms with E-state index in [0.717, 1.165) is 5.52 Å². The fraction of sp³-hybridized carbons (Fsp3) is 0.0556. The summed E-state index contributed by atoms with van der Waals surface area (Å²) in [4.78, 5) is 11.6. The van der Waals surface area contributed by atoms with Crippen molar-refractivity contribution in [3.05, 3.63) is 90.5 Å². The van der Waals surface area contributed by atoms with Gasteiger partial charge in [0.05, 0.1) is 15.7 Å². The number of rotatable bonds is 0. The van der Waals surface area contributed by atoms with Gasteiger partial charge in [0.1, 0.15) is 0 Å². The summed E-state index contributed by atoms with van der Waals surface area (Å²) in [5.74, 6) is 0.